The third kappa shape index (κ3) is 3.21. The van der Waals surface area contributed by atoms with Crippen molar-refractivity contribution in [3.05, 3.63) is 22.6 Å². The molecule has 0 aliphatic heterocycles. The third-order valence-electron chi connectivity index (χ3n) is 4.50. The summed E-state index contributed by atoms with van der Waals surface area (Å²) in [5.41, 5.74) is 6.68. The van der Waals surface area contributed by atoms with Crippen molar-refractivity contribution in [2.45, 2.75) is 44.2 Å². The Bertz CT molecular complexity index is 465. The van der Waals surface area contributed by atoms with Crippen LogP contribution in [0.25, 0.3) is 0 Å². The molecular formula is C14H20BrClN2O2. The summed E-state index contributed by atoms with van der Waals surface area (Å²) in [4.78, 5) is 12.2. The van der Waals surface area contributed by atoms with E-state index in [2.05, 4.69) is 21.2 Å². The minimum atomic E-state index is -0.0354. The zero-order valence-corrected chi connectivity index (χ0v) is 13.6. The third-order valence-corrected chi connectivity index (χ3v) is 4.92. The molecule has 0 aromatic carbocycles. The molecule has 2 fully saturated rings. The molecule has 6 heteroatoms. The first-order chi connectivity index (χ1) is 9.13. The number of fused-ring (bicyclic) bond motifs is 2. The average Bonchev–Trinajstić information content (AvgIpc) is 2.77. The molecule has 2 unspecified atom stereocenters. The molecular weight excluding hydrogens is 344 g/mol. The zero-order valence-electron chi connectivity index (χ0n) is 11.2. The molecule has 1 aromatic rings. The van der Waals surface area contributed by atoms with Crippen LogP contribution in [0.2, 0.25) is 0 Å². The molecule has 0 saturated heterocycles. The van der Waals surface area contributed by atoms with Gasteiger partial charge in [-0.15, -0.1) is 12.4 Å². The largest absolute Gasteiger partial charge is 0.457 e. The Balaban J connectivity index is 0.00000147. The van der Waals surface area contributed by atoms with Crippen molar-refractivity contribution in [3.63, 3.8) is 0 Å². The van der Waals surface area contributed by atoms with Crippen molar-refractivity contribution in [3.8, 4) is 0 Å². The van der Waals surface area contributed by atoms with Gasteiger partial charge in [-0.05, 0) is 53.4 Å². The van der Waals surface area contributed by atoms with Gasteiger partial charge in [-0.2, -0.15) is 0 Å². The number of hydrogen-bond donors (Lipinski definition) is 2. The van der Waals surface area contributed by atoms with Crippen molar-refractivity contribution in [2.75, 3.05) is 0 Å². The summed E-state index contributed by atoms with van der Waals surface area (Å²) in [6.07, 6.45) is 7.21. The van der Waals surface area contributed by atoms with E-state index >= 15 is 0 Å². The van der Waals surface area contributed by atoms with Gasteiger partial charge in [0.05, 0.1) is 5.56 Å². The summed E-state index contributed by atoms with van der Waals surface area (Å²) in [5.74, 6) is 1.05. The van der Waals surface area contributed by atoms with Gasteiger partial charge in [0.25, 0.3) is 5.91 Å². The van der Waals surface area contributed by atoms with Gasteiger partial charge in [0.2, 0.25) is 0 Å². The van der Waals surface area contributed by atoms with E-state index in [1.54, 1.807) is 6.07 Å². The SMILES string of the molecule is Cl.NC1CC2CCCC(C1)C2NC(=O)c1coc(Br)c1. The van der Waals surface area contributed by atoms with E-state index < -0.39 is 0 Å². The zero-order chi connectivity index (χ0) is 13.4. The smallest absolute Gasteiger partial charge is 0.254 e. The van der Waals surface area contributed by atoms with E-state index in [0.29, 0.717) is 28.1 Å². The number of carbonyl (C=O) groups is 1. The number of amides is 1. The summed E-state index contributed by atoms with van der Waals surface area (Å²) < 4.78 is 5.71. The van der Waals surface area contributed by atoms with E-state index in [0.717, 1.165) is 12.8 Å². The maximum absolute atomic E-state index is 12.2. The Morgan fingerprint density at radius 2 is 2.00 bits per heavy atom. The van der Waals surface area contributed by atoms with Gasteiger partial charge in [-0.25, -0.2) is 0 Å². The first-order valence-electron chi connectivity index (χ1n) is 6.94. The van der Waals surface area contributed by atoms with Crippen molar-refractivity contribution >= 4 is 34.2 Å². The summed E-state index contributed by atoms with van der Waals surface area (Å²) in [6, 6.07) is 2.31. The number of carbonyl (C=O) groups excluding carboxylic acids is 1. The van der Waals surface area contributed by atoms with Crippen LogP contribution in [0.1, 0.15) is 42.5 Å². The highest BCUT2D eigenvalue weighted by Gasteiger charge is 2.40. The van der Waals surface area contributed by atoms with E-state index in [-0.39, 0.29) is 24.4 Å². The Kier molecular flexibility index (Phi) is 5.15. The summed E-state index contributed by atoms with van der Waals surface area (Å²) in [6.45, 7) is 0. The van der Waals surface area contributed by atoms with E-state index in [4.69, 9.17) is 10.2 Å². The highest BCUT2D eigenvalue weighted by molar-refractivity contribution is 9.10. The molecule has 3 rings (SSSR count). The Morgan fingerprint density at radius 3 is 2.55 bits per heavy atom. The second-order valence-corrected chi connectivity index (χ2v) is 6.60. The molecule has 1 heterocycles. The normalized spacial score (nSPS) is 32.3. The number of furan rings is 1. The van der Waals surface area contributed by atoms with E-state index in [1.165, 1.54) is 25.5 Å². The molecule has 3 N–H and O–H groups in total. The number of nitrogens with one attached hydrogen (secondary N) is 1. The van der Waals surface area contributed by atoms with Gasteiger partial charge in [-0.3, -0.25) is 4.79 Å². The minimum Gasteiger partial charge on any atom is -0.457 e. The topological polar surface area (TPSA) is 68.3 Å². The van der Waals surface area contributed by atoms with Crippen LogP contribution in [0.4, 0.5) is 0 Å². The summed E-state index contributed by atoms with van der Waals surface area (Å²) in [7, 11) is 0. The molecule has 2 aliphatic rings. The average molecular weight is 364 g/mol. The fourth-order valence-corrected chi connectivity index (χ4v) is 4.03. The quantitative estimate of drug-likeness (QED) is 0.848. The molecule has 20 heavy (non-hydrogen) atoms. The Labute approximate surface area is 133 Å². The highest BCUT2D eigenvalue weighted by atomic mass is 79.9. The molecule has 1 amide bonds. The van der Waals surface area contributed by atoms with Crippen LogP contribution in [0, 0.1) is 11.8 Å². The molecule has 1 aromatic heterocycles. The first-order valence-corrected chi connectivity index (χ1v) is 7.73. The van der Waals surface area contributed by atoms with Crippen LogP contribution in [0.15, 0.2) is 21.4 Å². The highest BCUT2D eigenvalue weighted by Crippen LogP contribution is 2.39. The first kappa shape index (κ1) is 15.9. The standard InChI is InChI=1S/C14H19BrN2O2.ClH/c15-12-6-10(7-19-12)14(18)17-13-8-2-1-3-9(13)5-11(16)4-8;/h6-9,11,13H,1-5,16H2,(H,17,18);1H. The fourth-order valence-electron chi connectivity index (χ4n) is 3.69. The molecule has 2 atom stereocenters. The van der Waals surface area contributed by atoms with Crippen LogP contribution in [-0.4, -0.2) is 18.0 Å². The fraction of sp³-hybridized carbons (Fsp3) is 0.643. The lowest BCUT2D eigenvalue weighted by molar-refractivity contribution is 0.0755. The van der Waals surface area contributed by atoms with Gasteiger partial charge >= 0.3 is 0 Å². The van der Waals surface area contributed by atoms with Crippen LogP contribution in [0.5, 0.6) is 0 Å². The lowest BCUT2D eigenvalue weighted by Gasteiger charge is -2.45. The molecule has 0 radical (unpaired) electrons. The van der Waals surface area contributed by atoms with Gasteiger partial charge < -0.3 is 15.5 Å². The van der Waals surface area contributed by atoms with Crippen LogP contribution < -0.4 is 11.1 Å². The number of halogens is 2. The molecule has 2 saturated carbocycles. The maximum atomic E-state index is 12.2. The second kappa shape index (κ2) is 6.50. The van der Waals surface area contributed by atoms with Crippen molar-refractivity contribution in [2.24, 2.45) is 17.6 Å². The lowest BCUT2D eigenvalue weighted by Crippen LogP contribution is -2.53. The van der Waals surface area contributed by atoms with Crippen LogP contribution in [-0.2, 0) is 0 Å². The van der Waals surface area contributed by atoms with E-state index in [1.807, 2.05) is 0 Å². The van der Waals surface area contributed by atoms with Crippen molar-refractivity contribution < 1.29 is 9.21 Å². The van der Waals surface area contributed by atoms with Crippen LogP contribution in [0.3, 0.4) is 0 Å². The number of rotatable bonds is 2. The minimum absolute atomic E-state index is 0. The Morgan fingerprint density at radius 1 is 1.35 bits per heavy atom. The van der Waals surface area contributed by atoms with Gasteiger partial charge in [-0.1, -0.05) is 6.42 Å². The second-order valence-electron chi connectivity index (χ2n) is 5.82. The van der Waals surface area contributed by atoms with Gasteiger partial charge in [0.1, 0.15) is 6.26 Å². The summed E-state index contributed by atoms with van der Waals surface area (Å²) in [5, 5.41) is 3.20. The molecule has 112 valence electrons. The predicted octanol–water partition coefficient (Wildman–Crippen LogP) is 3.10. The summed E-state index contributed by atoms with van der Waals surface area (Å²) >= 11 is 3.22. The molecule has 2 aliphatic carbocycles. The van der Waals surface area contributed by atoms with Gasteiger partial charge in [0.15, 0.2) is 4.67 Å². The lowest BCUT2D eigenvalue weighted by atomic mass is 9.67. The predicted molar refractivity (Wildman–Crippen MR) is 83.0 cm³/mol. The van der Waals surface area contributed by atoms with Gasteiger partial charge in [0, 0.05) is 18.2 Å². The monoisotopic (exact) mass is 362 g/mol. The van der Waals surface area contributed by atoms with E-state index in [9.17, 15) is 4.79 Å². The molecule has 2 bridgehead atoms. The number of nitrogens with two attached hydrogens (primary N) is 1. The maximum Gasteiger partial charge on any atom is 0.254 e. The van der Waals surface area contributed by atoms with Crippen LogP contribution >= 0.6 is 28.3 Å². The Hall–Kier alpha value is -0.520. The molecule has 4 nitrogen and oxygen atoms in total. The van der Waals surface area contributed by atoms with Crippen molar-refractivity contribution in [1.82, 2.24) is 5.32 Å². The molecule has 0 spiro atoms. The van der Waals surface area contributed by atoms with Crippen molar-refractivity contribution in [1.29, 1.82) is 0 Å². The number of hydrogen-bond acceptors (Lipinski definition) is 3.